The van der Waals surface area contributed by atoms with Crippen molar-refractivity contribution in [2.45, 2.75) is 0 Å². The van der Waals surface area contributed by atoms with E-state index in [1.54, 1.807) is 48.5 Å². The molecule has 140 valence electrons. The lowest BCUT2D eigenvalue weighted by molar-refractivity contribution is 0.0925. The topological polar surface area (TPSA) is 66.5 Å². The van der Waals surface area contributed by atoms with Gasteiger partial charge in [0, 0.05) is 10.4 Å². The summed E-state index contributed by atoms with van der Waals surface area (Å²) in [6.07, 6.45) is 0. The molecule has 4 aromatic rings. The highest BCUT2D eigenvalue weighted by Gasteiger charge is 2.36. The highest BCUT2D eigenvalue weighted by molar-refractivity contribution is 7.20. The fourth-order valence-corrected chi connectivity index (χ4v) is 4.39. The van der Waals surface area contributed by atoms with Gasteiger partial charge in [0.2, 0.25) is 0 Å². The summed E-state index contributed by atoms with van der Waals surface area (Å²) in [7, 11) is 0. The number of anilines is 2. The molecule has 0 aliphatic carbocycles. The minimum Gasteiger partial charge on any atom is -0.321 e. The molecule has 0 unspecified atom stereocenters. The van der Waals surface area contributed by atoms with E-state index in [9.17, 15) is 14.4 Å². The van der Waals surface area contributed by atoms with Gasteiger partial charge in [0.25, 0.3) is 17.7 Å². The Kier molecular flexibility index (Phi) is 4.00. The van der Waals surface area contributed by atoms with Crippen LogP contribution in [0, 0.1) is 0 Å². The predicted octanol–water partition coefficient (Wildman–Crippen LogP) is 4.95. The highest BCUT2D eigenvalue weighted by Crippen LogP contribution is 2.30. The molecule has 3 aromatic carbocycles. The van der Waals surface area contributed by atoms with Gasteiger partial charge in [-0.15, -0.1) is 11.3 Å². The monoisotopic (exact) mass is 398 g/mol. The van der Waals surface area contributed by atoms with Crippen molar-refractivity contribution < 1.29 is 14.4 Å². The molecule has 1 N–H and O–H groups in total. The molecule has 1 aliphatic heterocycles. The van der Waals surface area contributed by atoms with Crippen LogP contribution in [0.5, 0.6) is 0 Å². The molecule has 0 saturated carbocycles. The second kappa shape index (κ2) is 6.68. The van der Waals surface area contributed by atoms with Gasteiger partial charge in [-0.1, -0.05) is 36.4 Å². The second-order valence-electron chi connectivity index (χ2n) is 6.64. The molecule has 0 spiro atoms. The Morgan fingerprint density at radius 1 is 0.793 bits per heavy atom. The van der Waals surface area contributed by atoms with Gasteiger partial charge in [0.1, 0.15) is 0 Å². The van der Waals surface area contributed by atoms with Crippen LogP contribution in [0.1, 0.15) is 30.4 Å². The number of rotatable bonds is 3. The maximum absolute atomic E-state index is 12.7. The quantitative estimate of drug-likeness (QED) is 0.496. The first kappa shape index (κ1) is 17.3. The number of nitrogens with one attached hydrogen (secondary N) is 1. The van der Waals surface area contributed by atoms with Gasteiger partial charge in [-0.05, 0) is 47.9 Å². The van der Waals surface area contributed by atoms with Crippen molar-refractivity contribution in [2.75, 3.05) is 10.2 Å². The van der Waals surface area contributed by atoms with E-state index >= 15 is 0 Å². The van der Waals surface area contributed by atoms with Crippen LogP contribution in [0.2, 0.25) is 0 Å². The Morgan fingerprint density at radius 3 is 2.21 bits per heavy atom. The summed E-state index contributed by atoms with van der Waals surface area (Å²) in [5.74, 6) is -0.956. The summed E-state index contributed by atoms with van der Waals surface area (Å²) in [5, 5.41) is 3.87. The number of carbonyl (C=O) groups excluding carboxylic acids is 3. The lowest BCUT2D eigenvalue weighted by atomic mass is 10.1. The van der Waals surface area contributed by atoms with Crippen LogP contribution in [0.4, 0.5) is 11.4 Å². The van der Waals surface area contributed by atoms with Gasteiger partial charge in [-0.25, -0.2) is 4.90 Å². The smallest absolute Gasteiger partial charge is 0.266 e. The van der Waals surface area contributed by atoms with Crippen LogP contribution in [0.15, 0.2) is 78.9 Å². The average molecular weight is 398 g/mol. The van der Waals surface area contributed by atoms with Crippen LogP contribution in [-0.4, -0.2) is 17.7 Å². The molecule has 0 radical (unpaired) electrons. The average Bonchev–Trinajstić information content (AvgIpc) is 3.28. The Labute approximate surface area is 170 Å². The third kappa shape index (κ3) is 2.90. The van der Waals surface area contributed by atoms with Gasteiger partial charge in [-0.2, -0.15) is 0 Å². The van der Waals surface area contributed by atoms with Crippen molar-refractivity contribution in [1.29, 1.82) is 0 Å². The summed E-state index contributed by atoms with van der Waals surface area (Å²) in [4.78, 5) is 39.8. The molecular formula is C23H14N2O3S. The Morgan fingerprint density at radius 2 is 1.48 bits per heavy atom. The molecule has 0 atom stereocenters. The first-order chi connectivity index (χ1) is 14.1. The summed E-state index contributed by atoms with van der Waals surface area (Å²) in [5.41, 5.74) is 1.71. The van der Waals surface area contributed by atoms with Crippen molar-refractivity contribution in [3.8, 4) is 0 Å². The van der Waals surface area contributed by atoms with E-state index in [0.717, 1.165) is 15.0 Å². The van der Waals surface area contributed by atoms with E-state index < -0.39 is 0 Å². The highest BCUT2D eigenvalue weighted by atomic mass is 32.1. The predicted molar refractivity (Wildman–Crippen MR) is 114 cm³/mol. The first-order valence-corrected chi connectivity index (χ1v) is 9.81. The third-order valence-electron chi connectivity index (χ3n) is 4.81. The summed E-state index contributed by atoms with van der Waals surface area (Å²) in [6, 6.07) is 23.1. The molecule has 0 bridgehead atoms. The largest absolute Gasteiger partial charge is 0.321 e. The molecule has 5 nitrogen and oxygen atoms in total. The number of imide groups is 1. The van der Waals surface area contributed by atoms with Gasteiger partial charge < -0.3 is 5.32 Å². The zero-order valence-corrected chi connectivity index (χ0v) is 15.9. The lowest BCUT2D eigenvalue weighted by Gasteiger charge is -2.15. The second-order valence-corrected chi connectivity index (χ2v) is 7.73. The number of hydrogen-bond acceptors (Lipinski definition) is 4. The van der Waals surface area contributed by atoms with Gasteiger partial charge >= 0.3 is 0 Å². The van der Waals surface area contributed by atoms with E-state index in [2.05, 4.69) is 5.32 Å². The van der Waals surface area contributed by atoms with E-state index in [4.69, 9.17) is 0 Å². The summed E-state index contributed by atoms with van der Waals surface area (Å²) < 4.78 is 1.04. The maximum atomic E-state index is 12.7. The van der Waals surface area contributed by atoms with Crippen molar-refractivity contribution in [1.82, 2.24) is 0 Å². The first-order valence-electron chi connectivity index (χ1n) is 8.99. The number of nitrogens with zero attached hydrogens (tertiary/aromatic N) is 1. The third-order valence-corrected chi connectivity index (χ3v) is 5.92. The molecule has 3 amide bonds. The number of benzene rings is 3. The molecule has 6 heteroatoms. The molecule has 0 saturated heterocycles. The van der Waals surface area contributed by atoms with E-state index in [1.165, 1.54) is 11.3 Å². The zero-order valence-electron chi connectivity index (χ0n) is 15.1. The number of hydrogen-bond donors (Lipinski definition) is 1. The van der Waals surface area contributed by atoms with Gasteiger partial charge in [0.15, 0.2) is 0 Å². The van der Waals surface area contributed by atoms with Crippen molar-refractivity contribution in [3.63, 3.8) is 0 Å². The van der Waals surface area contributed by atoms with Crippen molar-refractivity contribution in [3.05, 3.63) is 94.9 Å². The summed E-state index contributed by atoms with van der Waals surface area (Å²) in [6.45, 7) is 0. The normalized spacial score (nSPS) is 13.0. The lowest BCUT2D eigenvalue weighted by Crippen LogP contribution is -2.29. The van der Waals surface area contributed by atoms with Crippen LogP contribution in [-0.2, 0) is 0 Å². The van der Waals surface area contributed by atoms with E-state index in [-0.39, 0.29) is 17.7 Å². The van der Waals surface area contributed by atoms with Crippen LogP contribution >= 0.6 is 11.3 Å². The molecule has 1 aromatic heterocycles. The Bertz CT molecular complexity index is 1240. The molecular weight excluding hydrogens is 384 g/mol. The van der Waals surface area contributed by atoms with Crippen LogP contribution < -0.4 is 10.2 Å². The van der Waals surface area contributed by atoms with Crippen molar-refractivity contribution in [2.24, 2.45) is 0 Å². The zero-order chi connectivity index (χ0) is 20.0. The maximum Gasteiger partial charge on any atom is 0.266 e. The number of fused-ring (bicyclic) bond motifs is 2. The fraction of sp³-hybridized carbons (Fsp3) is 0. The number of amides is 3. The van der Waals surface area contributed by atoms with Gasteiger partial charge in [0.05, 0.1) is 21.7 Å². The van der Waals surface area contributed by atoms with E-state index in [0.29, 0.717) is 27.4 Å². The number of carbonyl (C=O) groups is 3. The molecule has 29 heavy (non-hydrogen) atoms. The summed E-state index contributed by atoms with van der Waals surface area (Å²) >= 11 is 1.42. The minimum absolute atomic E-state index is 0.231. The van der Waals surface area contributed by atoms with Crippen molar-refractivity contribution >= 4 is 50.5 Å². The van der Waals surface area contributed by atoms with Crippen LogP contribution in [0.3, 0.4) is 0 Å². The van der Waals surface area contributed by atoms with Gasteiger partial charge in [-0.3, -0.25) is 14.4 Å². The SMILES string of the molecule is O=C(Nc1cccc(N2C(=O)c3ccccc3C2=O)c1)c1cc2ccccc2s1. The Balaban J connectivity index is 1.42. The molecule has 2 heterocycles. The Hall–Kier alpha value is -3.77. The molecule has 5 rings (SSSR count). The minimum atomic E-state index is -0.362. The van der Waals surface area contributed by atoms with Crippen LogP contribution in [0.25, 0.3) is 10.1 Å². The molecule has 1 aliphatic rings. The van der Waals surface area contributed by atoms with E-state index in [1.807, 2.05) is 30.3 Å². The fourth-order valence-electron chi connectivity index (χ4n) is 3.43. The standard InChI is InChI=1S/C23H14N2O3S/c26-21(20-12-14-6-1-4-11-19(14)29-20)24-15-7-5-8-16(13-15)25-22(27)17-9-2-3-10-18(17)23(25)28/h1-13H,(H,24,26). The molecule has 0 fully saturated rings. The number of thiophene rings is 1.